The Morgan fingerprint density at radius 1 is 1.39 bits per heavy atom. The number of aliphatic carboxylic acids is 1. The predicted octanol–water partition coefficient (Wildman–Crippen LogP) is 2.26. The number of carboxylic acids is 1. The zero-order valence-electron chi connectivity index (χ0n) is 13.9. The zero-order valence-corrected chi connectivity index (χ0v) is 13.9. The molecule has 0 fully saturated rings. The number of aryl methyl sites for hydroxylation is 1. The summed E-state index contributed by atoms with van der Waals surface area (Å²) in [6.07, 6.45) is 1.58. The lowest BCUT2D eigenvalue weighted by Crippen LogP contribution is -2.33. The highest BCUT2D eigenvalue weighted by atomic mass is 16.4. The van der Waals surface area contributed by atoms with Gasteiger partial charge in [-0.3, -0.25) is 9.59 Å². The number of nitrogens with zero attached hydrogens (tertiary/aromatic N) is 4. The molecule has 0 aliphatic carbocycles. The summed E-state index contributed by atoms with van der Waals surface area (Å²) >= 11 is 0. The summed E-state index contributed by atoms with van der Waals surface area (Å²) in [7, 11) is 0. The minimum Gasteiger partial charge on any atom is -0.481 e. The van der Waals surface area contributed by atoms with E-state index >= 15 is 0 Å². The molecule has 2 aromatic heterocycles. The Bertz CT molecular complexity index is 736. The van der Waals surface area contributed by atoms with Crippen LogP contribution in [-0.2, 0) is 4.79 Å². The van der Waals surface area contributed by atoms with Gasteiger partial charge in [-0.1, -0.05) is 0 Å². The highest BCUT2D eigenvalue weighted by Gasteiger charge is 2.21. The lowest BCUT2D eigenvalue weighted by molar-refractivity contribution is -0.137. The van der Waals surface area contributed by atoms with Crippen LogP contribution in [0.3, 0.4) is 0 Å². The Hall–Kier alpha value is -2.44. The molecule has 23 heavy (non-hydrogen) atoms. The first-order chi connectivity index (χ1) is 10.8. The van der Waals surface area contributed by atoms with Gasteiger partial charge in [-0.05, 0) is 33.8 Å². The largest absolute Gasteiger partial charge is 0.481 e. The standard InChI is InChI=1S/C16H22N4O3/c1-5-19(7-6-14(21)22)16(23)12-8-11(4)18-15-13(12)9-17-20(15)10(2)3/h8-10H,5-7H2,1-4H3,(H,21,22). The van der Waals surface area contributed by atoms with Crippen molar-refractivity contribution in [3.05, 3.63) is 23.5 Å². The number of rotatable bonds is 6. The summed E-state index contributed by atoms with van der Waals surface area (Å²) in [6.45, 7) is 8.31. The SMILES string of the molecule is CCN(CCC(=O)O)C(=O)c1cc(C)nc2c1cnn2C(C)C. The molecule has 0 aromatic carbocycles. The first-order valence-corrected chi connectivity index (χ1v) is 7.71. The molecule has 1 N–H and O–H groups in total. The topological polar surface area (TPSA) is 88.3 Å². The molecular weight excluding hydrogens is 296 g/mol. The van der Waals surface area contributed by atoms with E-state index in [0.717, 1.165) is 5.69 Å². The van der Waals surface area contributed by atoms with E-state index < -0.39 is 5.97 Å². The molecule has 0 radical (unpaired) electrons. The van der Waals surface area contributed by atoms with Crippen molar-refractivity contribution >= 4 is 22.9 Å². The summed E-state index contributed by atoms with van der Waals surface area (Å²) in [5.74, 6) is -1.10. The third-order valence-electron chi connectivity index (χ3n) is 3.68. The molecule has 0 bridgehead atoms. The Morgan fingerprint density at radius 3 is 2.65 bits per heavy atom. The van der Waals surface area contributed by atoms with Crippen LogP contribution < -0.4 is 0 Å². The average Bonchev–Trinajstić information content (AvgIpc) is 2.90. The molecule has 0 aliphatic rings. The van der Waals surface area contributed by atoms with Crippen molar-refractivity contribution in [3.8, 4) is 0 Å². The van der Waals surface area contributed by atoms with Gasteiger partial charge in [0.2, 0.25) is 0 Å². The quantitative estimate of drug-likeness (QED) is 0.882. The molecule has 124 valence electrons. The summed E-state index contributed by atoms with van der Waals surface area (Å²) in [5, 5.41) is 13.9. The molecule has 0 atom stereocenters. The van der Waals surface area contributed by atoms with E-state index in [1.807, 2.05) is 27.7 Å². The van der Waals surface area contributed by atoms with E-state index in [-0.39, 0.29) is 24.9 Å². The fourth-order valence-electron chi connectivity index (χ4n) is 2.50. The molecule has 0 spiro atoms. The fourth-order valence-corrected chi connectivity index (χ4v) is 2.50. The second-order valence-corrected chi connectivity index (χ2v) is 5.76. The van der Waals surface area contributed by atoms with Crippen LogP contribution in [-0.4, -0.2) is 49.7 Å². The number of aromatic nitrogens is 3. The van der Waals surface area contributed by atoms with Gasteiger partial charge >= 0.3 is 5.97 Å². The fraction of sp³-hybridized carbons (Fsp3) is 0.500. The molecule has 2 aromatic rings. The maximum Gasteiger partial charge on any atom is 0.305 e. The number of hydrogen-bond acceptors (Lipinski definition) is 4. The number of carboxylic acid groups (broad SMARTS) is 1. The van der Waals surface area contributed by atoms with Gasteiger partial charge in [-0.15, -0.1) is 0 Å². The van der Waals surface area contributed by atoms with Crippen LogP contribution in [0.15, 0.2) is 12.3 Å². The van der Waals surface area contributed by atoms with E-state index in [0.29, 0.717) is 23.1 Å². The second-order valence-electron chi connectivity index (χ2n) is 5.76. The molecule has 0 unspecified atom stereocenters. The number of hydrogen-bond donors (Lipinski definition) is 1. The van der Waals surface area contributed by atoms with Gasteiger partial charge in [0.25, 0.3) is 5.91 Å². The van der Waals surface area contributed by atoms with Crippen LogP contribution in [0.25, 0.3) is 11.0 Å². The third kappa shape index (κ3) is 3.49. The molecule has 2 heterocycles. The Balaban J connectivity index is 2.45. The molecule has 0 saturated heterocycles. The maximum atomic E-state index is 12.8. The Morgan fingerprint density at radius 2 is 2.09 bits per heavy atom. The Kier molecular flexibility index (Phi) is 4.98. The first kappa shape index (κ1) is 16.9. The number of fused-ring (bicyclic) bond motifs is 1. The Labute approximate surface area is 134 Å². The maximum absolute atomic E-state index is 12.8. The van der Waals surface area contributed by atoms with Gasteiger partial charge in [0.1, 0.15) is 0 Å². The van der Waals surface area contributed by atoms with E-state index in [1.54, 1.807) is 16.9 Å². The molecule has 2 rings (SSSR count). The molecule has 7 nitrogen and oxygen atoms in total. The first-order valence-electron chi connectivity index (χ1n) is 7.71. The molecule has 0 aliphatic heterocycles. The number of carbonyl (C=O) groups excluding carboxylic acids is 1. The predicted molar refractivity (Wildman–Crippen MR) is 86.5 cm³/mol. The van der Waals surface area contributed by atoms with Crippen molar-refractivity contribution in [1.82, 2.24) is 19.7 Å². The van der Waals surface area contributed by atoms with Crippen LogP contribution in [0.1, 0.15) is 49.3 Å². The van der Waals surface area contributed by atoms with Gasteiger partial charge in [0, 0.05) is 24.8 Å². The second kappa shape index (κ2) is 6.76. The van der Waals surface area contributed by atoms with Crippen LogP contribution >= 0.6 is 0 Å². The van der Waals surface area contributed by atoms with E-state index in [9.17, 15) is 9.59 Å². The van der Waals surface area contributed by atoms with Crippen molar-refractivity contribution < 1.29 is 14.7 Å². The van der Waals surface area contributed by atoms with Gasteiger partial charge < -0.3 is 10.0 Å². The zero-order chi connectivity index (χ0) is 17.1. The van der Waals surface area contributed by atoms with Gasteiger partial charge in [0.15, 0.2) is 5.65 Å². The summed E-state index contributed by atoms with van der Waals surface area (Å²) in [5.41, 5.74) is 1.93. The van der Waals surface area contributed by atoms with Gasteiger partial charge in [-0.25, -0.2) is 9.67 Å². The van der Waals surface area contributed by atoms with Crippen molar-refractivity contribution in [2.24, 2.45) is 0 Å². The monoisotopic (exact) mass is 318 g/mol. The van der Waals surface area contributed by atoms with Crippen molar-refractivity contribution in [1.29, 1.82) is 0 Å². The molecular formula is C16H22N4O3. The summed E-state index contributed by atoms with van der Waals surface area (Å²) in [6, 6.07) is 1.87. The number of pyridine rings is 1. The van der Waals surface area contributed by atoms with Gasteiger partial charge in [0.05, 0.1) is 23.6 Å². The lowest BCUT2D eigenvalue weighted by atomic mass is 10.1. The molecule has 0 saturated carbocycles. The van der Waals surface area contributed by atoms with Crippen LogP contribution in [0.2, 0.25) is 0 Å². The number of amides is 1. The molecule has 1 amide bonds. The van der Waals surface area contributed by atoms with Gasteiger partial charge in [-0.2, -0.15) is 5.10 Å². The highest BCUT2D eigenvalue weighted by Crippen LogP contribution is 2.22. The third-order valence-corrected chi connectivity index (χ3v) is 3.68. The number of carbonyl (C=O) groups is 2. The van der Waals surface area contributed by atoms with Crippen LogP contribution in [0.4, 0.5) is 0 Å². The van der Waals surface area contributed by atoms with E-state index in [2.05, 4.69) is 10.1 Å². The van der Waals surface area contributed by atoms with Crippen molar-refractivity contribution in [2.75, 3.05) is 13.1 Å². The minimum atomic E-state index is -0.917. The normalized spacial score (nSPS) is 11.2. The average molecular weight is 318 g/mol. The van der Waals surface area contributed by atoms with Crippen LogP contribution in [0.5, 0.6) is 0 Å². The van der Waals surface area contributed by atoms with Crippen LogP contribution in [0, 0.1) is 6.92 Å². The van der Waals surface area contributed by atoms with Crippen molar-refractivity contribution in [3.63, 3.8) is 0 Å². The smallest absolute Gasteiger partial charge is 0.305 e. The van der Waals surface area contributed by atoms with Crippen molar-refractivity contribution in [2.45, 2.75) is 40.2 Å². The summed E-state index contributed by atoms with van der Waals surface area (Å²) < 4.78 is 1.78. The highest BCUT2D eigenvalue weighted by molar-refractivity contribution is 6.05. The van der Waals surface area contributed by atoms with E-state index in [4.69, 9.17) is 5.11 Å². The summed E-state index contributed by atoms with van der Waals surface area (Å²) in [4.78, 5) is 29.6. The molecule has 7 heteroatoms. The van der Waals surface area contributed by atoms with E-state index in [1.165, 1.54) is 4.90 Å². The minimum absolute atomic E-state index is 0.0714. The lowest BCUT2D eigenvalue weighted by Gasteiger charge is -2.20.